The first-order valence-corrected chi connectivity index (χ1v) is 4.58. The number of nitriles is 1. The van der Waals surface area contributed by atoms with E-state index in [1.54, 1.807) is 25.1 Å². The van der Waals surface area contributed by atoms with Crippen LogP contribution in [-0.4, -0.2) is 9.91 Å². The second-order valence-corrected chi connectivity index (χ2v) is 3.35. The zero-order valence-corrected chi connectivity index (χ0v) is 8.47. The molecule has 1 aromatic heterocycles. The third-order valence-electron chi connectivity index (χ3n) is 2.28. The summed E-state index contributed by atoms with van der Waals surface area (Å²) in [6.07, 6.45) is 0. The Morgan fingerprint density at radius 3 is 2.81 bits per heavy atom. The molecule has 0 fully saturated rings. The molecule has 0 unspecified atom stereocenters. The minimum atomic E-state index is -0.455. The monoisotopic (exact) mass is 213 g/mol. The predicted molar refractivity (Wildman–Crippen MR) is 57.8 cm³/mol. The maximum atomic E-state index is 10.8. The smallest absolute Gasteiger partial charge is 0.258 e. The zero-order chi connectivity index (χ0) is 11.7. The second kappa shape index (κ2) is 3.59. The van der Waals surface area contributed by atoms with Crippen molar-refractivity contribution in [3.05, 3.63) is 45.8 Å². The summed E-state index contributed by atoms with van der Waals surface area (Å²) >= 11 is 0. The van der Waals surface area contributed by atoms with Crippen molar-refractivity contribution in [2.75, 3.05) is 0 Å². The minimum absolute atomic E-state index is 0.000463. The molecule has 5 heteroatoms. The van der Waals surface area contributed by atoms with Crippen LogP contribution < -0.4 is 0 Å². The Morgan fingerprint density at radius 2 is 2.19 bits per heavy atom. The zero-order valence-electron chi connectivity index (χ0n) is 8.47. The van der Waals surface area contributed by atoms with Crippen molar-refractivity contribution in [1.29, 1.82) is 5.26 Å². The summed E-state index contributed by atoms with van der Waals surface area (Å²) in [7, 11) is 0. The van der Waals surface area contributed by atoms with Crippen molar-refractivity contribution in [3.63, 3.8) is 0 Å². The number of benzene rings is 1. The van der Waals surface area contributed by atoms with Crippen LogP contribution in [-0.2, 0) is 0 Å². The van der Waals surface area contributed by atoms with Crippen LogP contribution >= 0.6 is 0 Å². The molecular formula is C11H7N3O2. The van der Waals surface area contributed by atoms with Crippen LogP contribution in [0, 0.1) is 28.4 Å². The molecule has 1 aromatic carbocycles. The highest BCUT2D eigenvalue weighted by Crippen LogP contribution is 2.27. The number of pyridine rings is 1. The van der Waals surface area contributed by atoms with E-state index in [0.717, 1.165) is 0 Å². The van der Waals surface area contributed by atoms with Gasteiger partial charge in [-0.1, -0.05) is 12.1 Å². The lowest BCUT2D eigenvalue weighted by Crippen LogP contribution is -1.94. The Bertz CT molecular complexity index is 629. The summed E-state index contributed by atoms with van der Waals surface area (Å²) in [5.41, 5.74) is 0.816. The molecule has 2 aromatic rings. The van der Waals surface area contributed by atoms with Gasteiger partial charge in [0, 0.05) is 17.1 Å². The van der Waals surface area contributed by atoms with E-state index < -0.39 is 4.92 Å². The van der Waals surface area contributed by atoms with E-state index in [2.05, 4.69) is 4.98 Å². The number of hydrogen-bond acceptors (Lipinski definition) is 4. The topological polar surface area (TPSA) is 79.8 Å². The summed E-state index contributed by atoms with van der Waals surface area (Å²) in [5, 5.41) is 20.7. The number of fused-ring (bicyclic) bond motifs is 1. The number of nitro benzene ring substituents is 1. The number of non-ortho nitro benzene ring substituents is 1. The van der Waals surface area contributed by atoms with Crippen molar-refractivity contribution in [2.45, 2.75) is 6.92 Å². The first kappa shape index (κ1) is 10.1. The van der Waals surface area contributed by atoms with Gasteiger partial charge in [-0.05, 0) is 13.0 Å². The molecule has 0 saturated heterocycles. The Hall–Kier alpha value is -2.48. The molecule has 16 heavy (non-hydrogen) atoms. The Labute approximate surface area is 91.1 Å². The van der Waals surface area contributed by atoms with E-state index in [4.69, 9.17) is 5.26 Å². The highest BCUT2D eigenvalue weighted by Gasteiger charge is 2.14. The quantitative estimate of drug-likeness (QED) is 0.537. The van der Waals surface area contributed by atoms with Crippen LogP contribution in [0.3, 0.4) is 0 Å². The molecule has 2 rings (SSSR count). The van der Waals surface area contributed by atoms with Crippen molar-refractivity contribution in [1.82, 2.24) is 4.98 Å². The Morgan fingerprint density at radius 1 is 1.44 bits per heavy atom. The summed E-state index contributed by atoms with van der Waals surface area (Å²) in [4.78, 5) is 14.4. The summed E-state index contributed by atoms with van der Waals surface area (Å²) in [5.74, 6) is 0. The first-order chi connectivity index (χ1) is 7.63. The molecular weight excluding hydrogens is 206 g/mol. The molecule has 0 aliphatic rings. The third kappa shape index (κ3) is 1.46. The SMILES string of the molecule is Cc1cc2c([N+](=O)[O-])cccc2c(C#N)n1. The third-order valence-corrected chi connectivity index (χ3v) is 2.28. The summed E-state index contributed by atoms with van der Waals surface area (Å²) in [6, 6.07) is 8.20. The van der Waals surface area contributed by atoms with Gasteiger partial charge in [-0.3, -0.25) is 10.1 Å². The van der Waals surface area contributed by atoms with E-state index in [1.807, 2.05) is 6.07 Å². The minimum Gasteiger partial charge on any atom is -0.258 e. The molecule has 5 nitrogen and oxygen atoms in total. The Balaban J connectivity index is 2.94. The molecule has 0 bridgehead atoms. The molecule has 0 atom stereocenters. The van der Waals surface area contributed by atoms with E-state index in [0.29, 0.717) is 16.5 Å². The van der Waals surface area contributed by atoms with E-state index in [1.165, 1.54) is 6.07 Å². The van der Waals surface area contributed by atoms with Crippen LogP contribution in [0.15, 0.2) is 24.3 Å². The average Bonchev–Trinajstić information content (AvgIpc) is 2.26. The lowest BCUT2D eigenvalue weighted by Gasteiger charge is -2.02. The van der Waals surface area contributed by atoms with Crippen molar-refractivity contribution < 1.29 is 4.92 Å². The number of hydrogen-bond donors (Lipinski definition) is 0. The van der Waals surface area contributed by atoms with Crippen molar-refractivity contribution >= 4 is 16.5 Å². The lowest BCUT2D eigenvalue weighted by atomic mass is 10.1. The van der Waals surface area contributed by atoms with Gasteiger partial charge >= 0.3 is 0 Å². The maximum Gasteiger partial charge on any atom is 0.277 e. The fourth-order valence-corrected chi connectivity index (χ4v) is 1.63. The van der Waals surface area contributed by atoms with E-state index >= 15 is 0 Å². The highest BCUT2D eigenvalue weighted by molar-refractivity contribution is 5.93. The van der Waals surface area contributed by atoms with Gasteiger partial charge in [0.25, 0.3) is 5.69 Å². The van der Waals surface area contributed by atoms with Crippen LogP contribution in [0.2, 0.25) is 0 Å². The fraction of sp³-hybridized carbons (Fsp3) is 0.0909. The van der Waals surface area contributed by atoms with Gasteiger partial charge in [0.2, 0.25) is 0 Å². The van der Waals surface area contributed by atoms with E-state index in [9.17, 15) is 10.1 Å². The van der Waals surface area contributed by atoms with Crippen LogP contribution in [0.4, 0.5) is 5.69 Å². The molecule has 78 valence electrons. The van der Waals surface area contributed by atoms with Gasteiger partial charge in [-0.25, -0.2) is 4.98 Å². The number of nitro groups is 1. The van der Waals surface area contributed by atoms with Gasteiger partial charge in [-0.2, -0.15) is 5.26 Å². The van der Waals surface area contributed by atoms with Gasteiger partial charge < -0.3 is 0 Å². The lowest BCUT2D eigenvalue weighted by molar-refractivity contribution is -0.383. The average molecular weight is 213 g/mol. The number of aromatic nitrogens is 1. The van der Waals surface area contributed by atoms with Crippen LogP contribution in [0.1, 0.15) is 11.4 Å². The molecule has 0 amide bonds. The molecule has 0 N–H and O–H groups in total. The molecule has 0 radical (unpaired) electrons. The van der Waals surface area contributed by atoms with Gasteiger partial charge in [0.05, 0.1) is 10.3 Å². The molecule has 1 heterocycles. The fourth-order valence-electron chi connectivity index (χ4n) is 1.63. The predicted octanol–water partition coefficient (Wildman–Crippen LogP) is 2.32. The van der Waals surface area contributed by atoms with E-state index in [-0.39, 0.29) is 11.4 Å². The molecule has 0 aliphatic carbocycles. The van der Waals surface area contributed by atoms with Crippen molar-refractivity contribution in [3.8, 4) is 6.07 Å². The summed E-state index contributed by atoms with van der Waals surface area (Å²) in [6.45, 7) is 1.71. The number of rotatable bonds is 1. The standard InChI is InChI=1S/C11H7N3O2/c1-7-5-9-8(10(6-12)13-7)3-2-4-11(9)14(15)16/h2-5H,1H3. The van der Waals surface area contributed by atoms with Crippen LogP contribution in [0.25, 0.3) is 10.8 Å². The van der Waals surface area contributed by atoms with Gasteiger partial charge in [0.1, 0.15) is 11.8 Å². The summed E-state index contributed by atoms with van der Waals surface area (Å²) < 4.78 is 0. The Kier molecular flexibility index (Phi) is 2.25. The number of nitrogens with zero attached hydrogens (tertiary/aromatic N) is 3. The van der Waals surface area contributed by atoms with Crippen LogP contribution in [0.5, 0.6) is 0 Å². The molecule has 0 aliphatic heterocycles. The largest absolute Gasteiger partial charge is 0.277 e. The first-order valence-electron chi connectivity index (χ1n) is 4.58. The van der Waals surface area contributed by atoms with Gasteiger partial charge in [-0.15, -0.1) is 0 Å². The van der Waals surface area contributed by atoms with Gasteiger partial charge in [0.15, 0.2) is 0 Å². The number of aryl methyl sites for hydroxylation is 1. The maximum absolute atomic E-state index is 10.8. The normalized spacial score (nSPS) is 10.0. The van der Waals surface area contributed by atoms with Crippen molar-refractivity contribution in [2.24, 2.45) is 0 Å². The molecule has 0 saturated carbocycles. The molecule has 0 spiro atoms. The highest BCUT2D eigenvalue weighted by atomic mass is 16.6. The second-order valence-electron chi connectivity index (χ2n) is 3.35.